The number of ether oxygens (including phenoxy) is 1. The van der Waals surface area contributed by atoms with Crippen LogP contribution >= 0.6 is 0 Å². The summed E-state index contributed by atoms with van der Waals surface area (Å²) in [5.74, 6) is 0.750. The number of hydrogen-bond donors (Lipinski definition) is 0. The van der Waals surface area contributed by atoms with Crippen molar-refractivity contribution in [3.05, 3.63) is 46.5 Å². The zero-order chi connectivity index (χ0) is 19.8. The number of nitrogens with zero attached hydrogens (tertiary/aromatic N) is 3. The van der Waals surface area contributed by atoms with Crippen molar-refractivity contribution in [1.29, 1.82) is 0 Å². The van der Waals surface area contributed by atoms with Crippen LogP contribution < -0.4 is 4.74 Å². The highest BCUT2D eigenvalue weighted by Crippen LogP contribution is 2.28. The Morgan fingerprint density at radius 3 is 2.70 bits per heavy atom. The van der Waals surface area contributed by atoms with Crippen LogP contribution in [0.3, 0.4) is 0 Å². The lowest BCUT2D eigenvalue weighted by molar-refractivity contribution is 0.308. The predicted octanol–water partition coefficient (Wildman–Crippen LogP) is 2.64. The normalized spacial score (nSPS) is 19.0. The first-order valence-corrected chi connectivity index (χ1v) is 10.8. The molecule has 27 heavy (non-hydrogen) atoms. The third-order valence-corrected chi connectivity index (χ3v) is 6.89. The first-order chi connectivity index (χ1) is 12.7. The number of aromatic nitrogens is 2. The second-order valence-electron chi connectivity index (χ2n) is 7.28. The van der Waals surface area contributed by atoms with E-state index in [0.29, 0.717) is 25.3 Å². The maximum absolute atomic E-state index is 13.6. The van der Waals surface area contributed by atoms with E-state index in [1.54, 1.807) is 13.2 Å². The summed E-state index contributed by atoms with van der Waals surface area (Å²) in [6.07, 6.45) is 0.611. The van der Waals surface area contributed by atoms with Crippen LogP contribution in [0.15, 0.2) is 18.2 Å². The molecule has 6 nitrogen and oxygen atoms in total. The summed E-state index contributed by atoms with van der Waals surface area (Å²) >= 11 is 0. The standard InChI is InChI=1S/C19H26FN3O3S/c1-13-18(14(2)23(21-13)17-7-8-27(24,25)12-17)11-22(3)10-15-9-16(20)5-6-19(15)26-4/h5-6,9,17H,7-8,10-12H2,1-4H3/t17-/m0/s1. The molecule has 3 rings (SSSR count). The van der Waals surface area contributed by atoms with Gasteiger partial charge >= 0.3 is 0 Å². The first-order valence-electron chi connectivity index (χ1n) is 8.96. The molecule has 2 aromatic rings. The summed E-state index contributed by atoms with van der Waals surface area (Å²) in [6, 6.07) is 4.42. The van der Waals surface area contributed by atoms with E-state index in [1.165, 1.54) is 12.1 Å². The smallest absolute Gasteiger partial charge is 0.152 e. The van der Waals surface area contributed by atoms with Gasteiger partial charge in [0, 0.05) is 29.9 Å². The molecular weight excluding hydrogens is 369 g/mol. The van der Waals surface area contributed by atoms with Crippen molar-refractivity contribution in [1.82, 2.24) is 14.7 Å². The number of aryl methyl sites for hydroxylation is 1. The van der Waals surface area contributed by atoms with Gasteiger partial charge in [0.15, 0.2) is 9.84 Å². The largest absolute Gasteiger partial charge is 0.496 e. The number of halogens is 1. The molecule has 1 atom stereocenters. The fraction of sp³-hybridized carbons (Fsp3) is 0.526. The second-order valence-corrected chi connectivity index (χ2v) is 9.51. The lowest BCUT2D eigenvalue weighted by Crippen LogP contribution is -2.19. The Labute approximate surface area is 159 Å². The minimum Gasteiger partial charge on any atom is -0.496 e. The Morgan fingerprint density at radius 2 is 2.07 bits per heavy atom. The van der Waals surface area contributed by atoms with Crippen LogP contribution in [-0.4, -0.2) is 48.8 Å². The van der Waals surface area contributed by atoms with Crippen molar-refractivity contribution in [3.63, 3.8) is 0 Å². The molecule has 0 radical (unpaired) electrons. The van der Waals surface area contributed by atoms with Gasteiger partial charge in [0.2, 0.25) is 0 Å². The maximum Gasteiger partial charge on any atom is 0.152 e. The van der Waals surface area contributed by atoms with Gasteiger partial charge in [0.25, 0.3) is 0 Å². The van der Waals surface area contributed by atoms with Crippen LogP contribution in [0.25, 0.3) is 0 Å². The molecule has 0 unspecified atom stereocenters. The van der Waals surface area contributed by atoms with Gasteiger partial charge in [0.05, 0.1) is 30.4 Å². The maximum atomic E-state index is 13.6. The Bertz CT molecular complexity index is 940. The molecule has 1 aliphatic heterocycles. The quantitative estimate of drug-likeness (QED) is 0.752. The fourth-order valence-corrected chi connectivity index (χ4v) is 5.43. The Kier molecular flexibility index (Phi) is 5.58. The highest BCUT2D eigenvalue weighted by Gasteiger charge is 2.31. The van der Waals surface area contributed by atoms with E-state index >= 15 is 0 Å². The highest BCUT2D eigenvalue weighted by molar-refractivity contribution is 7.91. The average Bonchev–Trinajstić information content (AvgIpc) is 3.08. The third kappa shape index (κ3) is 4.32. The monoisotopic (exact) mass is 395 g/mol. The highest BCUT2D eigenvalue weighted by atomic mass is 32.2. The number of methoxy groups -OCH3 is 1. The van der Waals surface area contributed by atoms with Gasteiger partial charge in [-0.05, 0) is 45.5 Å². The van der Waals surface area contributed by atoms with E-state index in [9.17, 15) is 12.8 Å². The van der Waals surface area contributed by atoms with Gasteiger partial charge in [-0.25, -0.2) is 12.8 Å². The molecule has 1 fully saturated rings. The van der Waals surface area contributed by atoms with Crippen molar-refractivity contribution in [2.75, 3.05) is 25.7 Å². The van der Waals surface area contributed by atoms with Crippen molar-refractivity contribution < 1.29 is 17.5 Å². The molecule has 0 bridgehead atoms. The zero-order valence-corrected chi connectivity index (χ0v) is 17.0. The van der Waals surface area contributed by atoms with Crippen molar-refractivity contribution >= 4 is 9.84 Å². The molecule has 1 saturated heterocycles. The van der Waals surface area contributed by atoms with E-state index in [-0.39, 0.29) is 23.4 Å². The number of hydrogen-bond acceptors (Lipinski definition) is 5. The van der Waals surface area contributed by atoms with Crippen molar-refractivity contribution in [2.45, 2.75) is 39.4 Å². The van der Waals surface area contributed by atoms with Gasteiger partial charge < -0.3 is 4.74 Å². The van der Waals surface area contributed by atoms with Crippen LogP contribution in [0.4, 0.5) is 4.39 Å². The van der Waals surface area contributed by atoms with E-state index in [4.69, 9.17) is 4.74 Å². The van der Waals surface area contributed by atoms with Gasteiger partial charge in [-0.1, -0.05) is 0 Å². The molecule has 2 heterocycles. The van der Waals surface area contributed by atoms with Crippen molar-refractivity contribution in [3.8, 4) is 5.75 Å². The Hall–Kier alpha value is -1.93. The van der Waals surface area contributed by atoms with Crippen LogP contribution in [0.1, 0.15) is 35.0 Å². The zero-order valence-electron chi connectivity index (χ0n) is 16.2. The summed E-state index contributed by atoms with van der Waals surface area (Å²) in [5.41, 5.74) is 3.75. The summed E-state index contributed by atoms with van der Waals surface area (Å²) in [4.78, 5) is 2.07. The molecule has 0 saturated carbocycles. The predicted molar refractivity (Wildman–Crippen MR) is 102 cm³/mol. The molecular formula is C19H26FN3O3S. The minimum absolute atomic E-state index is 0.0870. The molecule has 1 aromatic carbocycles. The van der Waals surface area contributed by atoms with Crippen LogP contribution in [-0.2, 0) is 22.9 Å². The third-order valence-electron chi connectivity index (χ3n) is 5.14. The number of sulfone groups is 1. The average molecular weight is 396 g/mol. The van der Waals surface area contributed by atoms with Crippen LogP contribution in [0, 0.1) is 19.7 Å². The van der Waals surface area contributed by atoms with Crippen LogP contribution in [0.5, 0.6) is 5.75 Å². The second kappa shape index (κ2) is 7.59. The summed E-state index contributed by atoms with van der Waals surface area (Å²) in [5, 5.41) is 4.61. The summed E-state index contributed by atoms with van der Waals surface area (Å²) < 4.78 is 44.4. The van der Waals surface area contributed by atoms with Gasteiger partial charge in [0.1, 0.15) is 11.6 Å². The Morgan fingerprint density at radius 1 is 1.33 bits per heavy atom. The summed E-state index contributed by atoms with van der Waals surface area (Å²) in [6.45, 7) is 5.09. The first kappa shape index (κ1) is 19.8. The van der Waals surface area contributed by atoms with E-state index in [0.717, 1.165) is 22.5 Å². The lowest BCUT2D eigenvalue weighted by atomic mass is 10.1. The number of benzene rings is 1. The molecule has 0 aliphatic carbocycles. The van der Waals surface area contributed by atoms with Gasteiger partial charge in [-0.2, -0.15) is 5.10 Å². The number of rotatable bonds is 6. The molecule has 1 aromatic heterocycles. The van der Waals surface area contributed by atoms with Gasteiger partial charge in [-0.3, -0.25) is 9.58 Å². The van der Waals surface area contributed by atoms with E-state index < -0.39 is 9.84 Å². The summed E-state index contributed by atoms with van der Waals surface area (Å²) in [7, 11) is 0.573. The molecule has 148 valence electrons. The SMILES string of the molecule is COc1ccc(F)cc1CN(C)Cc1c(C)nn([C@H]2CCS(=O)(=O)C2)c1C. The molecule has 8 heteroatoms. The lowest BCUT2D eigenvalue weighted by Gasteiger charge is -2.19. The molecule has 0 spiro atoms. The minimum atomic E-state index is -2.96. The molecule has 0 N–H and O–H groups in total. The van der Waals surface area contributed by atoms with Gasteiger partial charge in [-0.15, -0.1) is 0 Å². The van der Waals surface area contributed by atoms with Crippen molar-refractivity contribution in [2.24, 2.45) is 0 Å². The fourth-order valence-electron chi connectivity index (χ4n) is 3.74. The topological polar surface area (TPSA) is 64.4 Å². The van der Waals surface area contributed by atoms with E-state index in [2.05, 4.69) is 10.00 Å². The molecule has 1 aliphatic rings. The molecule has 0 amide bonds. The Balaban J connectivity index is 1.77. The van der Waals surface area contributed by atoms with E-state index in [1.807, 2.05) is 25.6 Å². The van der Waals surface area contributed by atoms with Crippen LogP contribution in [0.2, 0.25) is 0 Å².